The van der Waals surface area contributed by atoms with E-state index in [-0.39, 0.29) is 5.75 Å². The highest BCUT2D eigenvalue weighted by molar-refractivity contribution is 6.48. The van der Waals surface area contributed by atoms with Crippen molar-refractivity contribution >= 4 is 12.9 Å². The molecule has 0 atom stereocenters. The second-order valence-corrected chi connectivity index (χ2v) is 5.88. The van der Waals surface area contributed by atoms with E-state index in [1.807, 2.05) is 6.07 Å². The minimum absolute atomic E-state index is 0.196. The summed E-state index contributed by atoms with van der Waals surface area (Å²) in [4.78, 5) is 0. The molecule has 0 fully saturated rings. The Kier molecular flexibility index (Phi) is 3.54. The summed E-state index contributed by atoms with van der Waals surface area (Å²) in [7, 11) is 1.49. The summed E-state index contributed by atoms with van der Waals surface area (Å²) in [5.74, 6) is 0.929. The first-order valence-electron chi connectivity index (χ1n) is 6.43. The van der Waals surface area contributed by atoms with Crippen molar-refractivity contribution in [3.63, 3.8) is 0 Å². The maximum Gasteiger partial charge on any atom is 0.334 e. The third-order valence-corrected chi connectivity index (χ3v) is 3.83. The highest BCUT2D eigenvalue weighted by atomic mass is 16.5. The molecule has 1 radical (unpaired) electrons. The van der Waals surface area contributed by atoms with Crippen molar-refractivity contribution in [3.05, 3.63) is 17.7 Å². The first-order chi connectivity index (χ1) is 8.72. The Morgan fingerprint density at radius 1 is 1.26 bits per heavy atom. The highest BCUT2D eigenvalue weighted by Crippen LogP contribution is 2.31. The van der Waals surface area contributed by atoms with Gasteiger partial charge in [0.1, 0.15) is 11.5 Å². The van der Waals surface area contributed by atoms with Crippen LogP contribution in [0.4, 0.5) is 0 Å². The molecule has 1 aromatic carbocycles. The number of hydrogen-bond donors (Lipinski definition) is 2. The second kappa shape index (κ2) is 4.73. The maximum atomic E-state index is 10.2. The van der Waals surface area contributed by atoms with Crippen LogP contribution in [0.2, 0.25) is 0 Å². The summed E-state index contributed by atoms with van der Waals surface area (Å²) in [6.45, 7) is 7.59. The first kappa shape index (κ1) is 14.2. The third-order valence-electron chi connectivity index (χ3n) is 3.83. The van der Waals surface area contributed by atoms with Crippen LogP contribution in [0.25, 0.3) is 0 Å². The number of aliphatic hydroxyl groups is 1. The van der Waals surface area contributed by atoms with E-state index in [0.29, 0.717) is 18.5 Å². The summed E-state index contributed by atoms with van der Waals surface area (Å²) in [5.41, 5.74) is -0.325. The van der Waals surface area contributed by atoms with Crippen molar-refractivity contribution in [2.24, 2.45) is 0 Å². The van der Waals surface area contributed by atoms with Gasteiger partial charge in [0.25, 0.3) is 0 Å². The molecular weight excluding hydrogens is 243 g/mol. The van der Waals surface area contributed by atoms with E-state index in [1.54, 1.807) is 33.8 Å². The van der Waals surface area contributed by atoms with Gasteiger partial charge >= 0.3 is 7.48 Å². The molecule has 0 amide bonds. The molecule has 1 heterocycles. The van der Waals surface area contributed by atoms with Gasteiger partial charge in [-0.25, -0.2) is 0 Å². The van der Waals surface area contributed by atoms with Gasteiger partial charge in [-0.15, -0.1) is 0 Å². The SMILES string of the molecule is CC(C)(O)C(C)(C)O[B]c1ccc2c(c1O)CCO2. The first-order valence-corrected chi connectivity index (χ1v) is 6.43. The molecule has 1 aliphatic heterocycles. The topological polar surface area (TPSA) is 58.9 Å². The Balaban J connectivity index is 2.13. The van der Waals surface area contributed by atoms with Crippen LogP contribution in [0.1, 0.15) is 33.3 Å². The second-order valence-electron chi connectivity index (χ2n) is 5.88. The van der Waals surface area contributed by atoms with Gasteiger partial charge < -0.3 is 19.6 Å². The van der Waals surface area contributed by atoms with Gasteiger partial charge in [0.05, 0.1) is 17.8 Å². The molecule has 2 rings (SSSR count). The quantitative estimate of drug-likeness (QED) is 0.800. The monoisotopic (exact) mass is 263 g/mol. The number of phenolic OH excluding ortho intramolecular Hbond substituents is 1. The average molecular weight is 263 g/mol. The van der Waals surface area contributed by atoms with Crippen LogP contribution in [0.3, 0.4) is 0 Å². The molecule has 4 nitrogen and oxygen atoms in total. The summed E-state index contributed by atoms with van der Waals surface area (Å²) in [6, 6.07) is 3.58. The van der Waals surface area contributed by atoms with Gasteiger partial charge in [0, 0.05) is 12.0 Å². The lowest BCUT2D eigenvalue weighted by molar-refractivity contribution is -0.0893. The van der Waals surface area contributed by atoms with Crippen LogP contribution in [-0.4, -0.2) is 35.5 Å². The fourth-order valence-corrected chi connectivity index (χ4v) is 1.73. The maximum absolute atomic E-state index is 10.2. The molecular formula is C14H20BO4. The molecule has 0 unspecified atom stereocenters. The van der Waals surface area contributed by atoms with E-state index < -0.39 is 11.2 Å². The van der Waals surface area contributed by atoms with Crippen LogP contribution in [0.5, 0.6) is 11.5 Å². The van der Waals surface area contributed by atoms with Crippen LogP contribution in [0.15, 0.2) is 12.1 Å². The number of fused-ring (bicyclic) bond motifs is 1. The number of hydrogen-bond acceptors (Lipinski definition) is 4. The average Bonchev–Trinajstić information content (AvgIpc) is 2.75. The Hall–Kier alpha value is -1.20. The lowest BCUT2D eigenvalue weighted by Crippen LogP contribution is -2.49. The van der Waals surface area contributed by atoms with Crippen molar-refractivity contribution < 1.29 is 19.6 Å². The standard InChI is InChI=1S/C14H20BO4/c1-13(2,17)14(3,4)19-15-10-5-6-11-9(12(10)16)7-8-18-11/h5-6,16-17H,7-8H2,1-4H3. The molecule has 1 aromatic rings. The lowest BCUT2D eigenvalue weighted by atomic mass is 9.81. The van der Waals surface area contributed by atoms with Crippen LogP contribution in [-0.2, 0) is 11.1 Å². The molecule has 0 aliphatic carbocycles. The summed E-state index contributed by atoms with van der Waals surface area (Å²) in [6.07, 6.45) is 0.706. The Bertz CT molecular complexity index is 477. The van der Waals surface area contributed by atoms with Gasteiger partial charge in [0.15, 0.2) is 0 Å². The van der Waals surface area contributed by atoms with Gasteiger partial charge in [-0.2, -0.15) is 0 Å². The summed E-state index contributed by atoms with van der Waals surface area (Å²) in [5, 5.41) is 20.2. The minimum Gasteiger partial charge on any atom is -0.508 e. The normalized spacial score (nSPS) is 15.0. The fraction of sp³-hybridized carbons (Fsp3) is 0.571. The molecule has 0 spiro atoms. The van der Waals surface area contributed by atoms with Crippen LogP contribution in [0, 0.1) is 0 Å². The Labute approximate surface area is 114 Å². The molecule has 19 heavy (non-hydrogen) atoms. The van der Waals surface area contributed by atoms with E-state index in [9.17, 15) is 10.2 Å². The van der Waals surface area contributed by atoms with Gasteiger partial charge in [-0.3, -0.25) is 0 Å². The van der Waals surface area contributed by atoms with E-state index in [1.165, 1.54) is 7.48 Å². The van der Waals surface area contributed by atoms with Crippen molar-refractivity contribution in [2.75, 3.05) is 6.61 Å². The summed E-state index contributed by atoms with van der Waals surface area (Å²) < 4.78 is 11.0. The van der Waals surface area contributed by atoms with E-state index in [4.69, 9.17) is 9.39 Å². The molecule has 1 aliphatic rings. The third kappa shape index (κ3) is 2.72. The number of aromatic hydroxyl groups is 1. The highest BCUT2D eigenvalue weighted by Gasteiger charge is 2.36. The molecule has 103 valence electrons. The van der Waals surface area contributed by atoms with Crippen LogP contribution >= 0.6 is 0 Å². The molecule has 0 bridgehead atoms. The minimum atomic E-state index is -0.987. The smallest absolute Gasteiger partial charge is 0.334 e. The predicted molar refractivity (Wildman–Crippen MR) is 74.2 cm³/mol. The zero-order chi connectivity index (χ0) is 14.3. The Morgan fingerprint density at radius 3 is 2.58 bits per heavy atom. The number of benzene rings is 1. The molecule has 0 saturated carbocycles. The van der Waals surface area contributed by atoms with Gasteiger partial charge in [-0.1, -0.05) is 6.07 Å². The predicted octanol–water partition coefficient (Wildman–Crippen LogP) is 1.14. The van der Waals surface area contributed by atoms with Crippen molar-refractivity contribution in [2.45, 2.75) is 45.3 Å². The molecule has 0 aromatic heterocycles. The number of rotatable bonds is 4. The van der Waals surface area contributed by atoms with E-state index in [0.717, 1.165) is 11.3 Å². The Morgan fingerprint density at radius 2 is 1.95 bits per heavy atom. The zero-order valence-electron chi connectivity index (χ0n) is 11.9. The molecule has 2 N–H and O–H groups in total. The van der Waals surface area contributed by atoms with E-state index in [2.05, 4.69) is 0 Å². The van der Waals surface area contributed by atoms with Gasteiger partial charge in [-0.05, 0) is 39.2 Å². The molecule has 0 saturated heterocycles. The number of ether oxygens (including phenoxy) is 1. The largest absolute Gasteiger partial charge is 0.508 e. The van der Waals surface area contributed by atoms with Crippen LogP contribution < -0.4 is 10.2 Å². The van der Waals surface area contributed by atoms with Crippen molar-refractivity contribution in [1.29, 1.82) is 0 Å². The van der Waals surface area contributed by atoms with Crippen molar-refractivity contribution in [3.8, 4) is 11.5 Å². The fourth-order valence-electron chi connectivity index (χ4n) is 1.73. The summed E-state index contributed by atoms with van der Waals surface area (Å²) >= 11 is 0. The lowest BCUT2D eigenvalue weighted by Gasteiger charge is -2.37. The molecule has 5 heteroatoms. The zero-order valence-corrected chi connectivity index (χ0v) is 11.9. The van der Waals surface area contributed by atoms with E-state index >= 15 is 0 Å². The number of phenols is 1. The van der Waals surface area contributed by atoms with Crippen molar-refractivity contribution in [1.82, 2.24) is 0 Å². The van der Waals surface area contributed by atoms with Gasteiger partial charge in [0.2, 0.25) is 0 Å².